The predicted octanol–water partition coefficient (Wildman–Crippen LogP) is 6.31. The van der Waals surface area contributed by atoms with Gasteiger partial charge in [-0.05, 0) is 73.9 Å². The first-order valence-electron chi connectivity index (χ1n) is 17.7. The maximum Gasteiger partial charge on any atom is 0.338 e. The number of hydrogen-bond acceptors (Lipinski definition) is 9. The number of nitrogens with zero attached hydrogens (tertiary/aromatic N) is 2. The van der Waals surface area contributed by atoms with Crippen LogP contribution in [-0.2, 0) is 29.2 Å². The summed E-state index contributed by atoms with van der Waals surface area (Å²) in [5.41, 5.74) is 2.53. The summed E-state index contributed by atoms with van der Waals surface area (Å²) in [6, 6.07) is 13.3. The van der Waals surface area contributed by atoms with Gasteiger partial charge in [0, 0.05) is 24.8 Å². The van der Waals surface area contributed by atoms with Crippen LogP contribution in [0.4, 0.5) is 5.69 Å². The number of hydrogen-bond donors (Lipinski definition) is 0. The highest BCUT2D eigenvalue weighted by molar-refractivity contribution is 6.09. The van der Waals surface area contributed by atoms with Gasteiger partial charge in [-0.1, -0.05) is 57.2 Å². The van der Waals surface area contributed by atoms with Crippen LogP contribution in [0.1, 0.15) is 80.6 Å². The fraction of sp³-hybridized carbons (Fsp3) is 0.564. The number of rotatable bonds is 16. The predicted molar refractivity (Wildman–Crippen MR) is 187 cm³/mol. The van der Waals surface area contributed by atoms with E-state index in [1.807, 2.05) is 17.0 Å². The van der Waals surface area contributed by atoms with Gasteiger partial charge in [0.15, 0.2) is 11.5 Å². The number of methoxy groups -OCH3 is 4. The molecule has 3 heterocycles. The third-order valence-electron chi connectivity index (χ3n) is 10.8. The van der Waals surface area contributed by atoms with Crippen LogP contribution in [0.2, 0.25) is 0 Å². The van der Waals surface area contributed by atoms with Gasteiger partial charge in [-0.3, -0.25) is 9.69 Å². The van der Waals surface area contributed by atoms with Crippen molar-refractivity contribution in [2.75, 3.05) is 59.6 Å². The van der Waals surface area contributed by atoms with Crippen molar-refractivity contribution < 1.29 is 38.1 Å². The van der Waals surface area contributed by atoms with Crippen LogP contribution >= 0.6 is 0 Å². The second kappa shape index (κ2) is 16.6. The molecule has 2 aromatic carbocycles. The lowest BCUT2D eigenvalue weighted by Crippen LogP contribution is -2.55. The van der Waals surface area contributed by atoms with Crippen LogP contribution in [0.3, 0.4) is 0 Å². The van der Waals surface area contributed by atoms with Crippen molar-refractivity contribution >= 4 is 23.5 Å². The standard InChI is InChI=1S/C39H52N2O8/c1-6-27-25-40-21-19-39(35(40)24-29(27)30(26-45-2)37(43)48-5)31-15-11-12-16-32(31)41(38(39)44)20-13-9-7-8-10-14-22-49-36(42)28-17-18-33(46-3)34(23-28)47-4/h11-12,15-18,23,26-27,29,35H,6-10,13-14,19-22,24-25H2,1-5H3/b30-26+/t27-,29-,35-,39+/m0/s1. The smallest absolute Gasteiger partial charge is 0.338 e. The first kappa shape index (κ1) is 36.2. The van der Waals surface area contributed by atoms with Gasteiger partial charge in [0.25, 0.3) is 0 Å². The molecule has 1 spiro atoms. The molecule has 0 aliphatic carbocycles. The lowest BCUT2D eigenvalue weighted by atomic mass is 9.67. The number of piperidine rings is 1. The van der Waals surface area contributed by atoms with E-state index < -0.39 is 5.41 Å². The SMILES string of the molecule is CC[C@H]1CN2CC[C@]3(C(=O)N(CCCCCCCCOC(=O)c4ccc(OC)c(OC)c4)c4ccccc43)[C@@H]2C[C@@H]1/C(=C\OC)C(=O)OC. The van der Waals surface area contributed by atoms with E-state index in [1.54, 1.807) is 38.7 Å². The Balaban J connectivity index is 1.13. The normalized spacial score (nSPS) is 23.3. The lowest BCUT2D eigenvalue weighted by Gasteiger charge is -2.45. The summed E-state index contributed by atoms with van der Waals surface area (Å²) in [6.45, 7) is 4.93. The molecule has 3 aliphatic heterocycles. The maximum absolute atomic E-state index is 14.6. The van der Waals surface area contributed by atoms with Crippen molar-refractivity contribution in [3.05, 3.63) is 65.4 Å². The summed E-state index contributed by atoms with van der Waals surface area (Å²) < 4.78 is 26.5. The Morgan fingerprint density at radius 1 is 0.939 bits per heavy atom. The van der Waals surface area contributed by atoms with Gasteiger partial charge < -0.3 is 28.6 Å². The summed E-state index contributed by atoms with van der Waals surface area (Å²) in [5.74, 6) is 0.758. The summed E-state index contributed by atoms with van der Waals surface area (Å²) in [5, 5.41) is 0. The first-order valence-corrected chi connectivity index (χ1v) is 17.7. The molecule has 0 saturated carbocycles. The van der Waals surface area contributed by atoms with Crippen molar-refractivity contribution in [1.82, 2.24) is 4.90 Å². The zero-order chi connectivity index (χ0) is 35.0. The van der Waals surface area contributed by atoms with Crippen molar-refractivity contribution in [1.29, 1.82) is 0 Å². The van der Waals surface area contributed by atoms with Crippen LogP contribution in [0, 0.1) is 11.8 Å². The van der Waals surface area contributed by atoms with E-state index >= 15 is 0 Å². The Labute approximate surface area is 290 Å². The van der Waals surface area contributed by atoms with Gasteiger partial charge in [-0.2, -0.15) is 0 Å². The molecule has 49 heavy (non-hydrogen) atoms. The van der Waals surface area contributed by atoms with Gasteiger partial charge in [-0.15, -0.1) is 0 Å². The minimum atomic E-state index is -0.615. The third-order valence-corrected chi connectivity index (χ3v) is 10.8. The van der Waals surface area contributed by atoms with E-state index in [2.05, 4.69) is 24.0 Å². The van der Waals surface area contributed by atoms with Crippen LogP contribution in [0.5, 0.6) is 11.5 Å². The molecule has 3 aliphatic rings. The molecule has 2 aromatic rings. The minimum Gasteiger partial charge on any atom is -0.504 e. The molecule has 2 fully saturated rings. The topological polar surface area (TPSA) is 104 Å². The van der Waals surface area contributed by atoms with Gasteiger partial charge >= 0.3 is 11.9 Å². The largest absolute Gasteiger partial charge is 0.504 e. The lowest BCUT2D eigenvalue weighted by molar-refractivity contribution is -0.137. The Morgan fingerprint density at radius 3 is 2.39 bits per heavy atom. The summed E-state index contributed by atoms with van der Waals surface area (Å²) in [6.07, 6.45) is 9.76. The van der Waals surface area contributed by atoms with E-state index in [9.17, 15) is 14.4 Å². The zero-order valence-corrected chi connectivity index (χ0v) is 29.7. The number of benzene rings is 2. The molecule has 0 bridgehead atoms. The van der Waals surface area contributed by atoms with Gasteiger partial charge in [0.05, 0.1) is 57.9 Å². The molecule has 10 nitrogen and oxygen atoms in total. The Hall–Kier alpha value is -4.05. The number of carbonyl (C=O) groups is 3. The summed E-state index contributed by atoms with van der Waals surface area (Å²) >= 11 is 0. The molecule has 2 saturated heterocycles. The second-order valence-corrected chi connectivity index (χ2v) is 13.3. The summed E-state index contributed by atoms with van der Waals surface area (Å²) in [4.78, 5) is 44.4. The van der Waals surface area contributed by atoms with E-state index in [0.717, 1.165) is 75.7 Å². The van der Waals surface area contributed by atoms with Crippen LogP contribution < -0.4 is 14.4 Å². The third kappa shape index (κ3) is 7.30. The molecule has 266 valence electrons. The van der Waals surface area contributed by atoms with E-state index in [0.29, 0.717) is 42.2 Å². The molecule has 5 rings (SSSR count). The van der Waals surface area contributed by atoms with Gasteiger partial charge in [0.1, 0.15) is 0 Å². The summed E-state index contributed by atoms with van der Waals surface area (Å²) in [7, 11) is 6.06. The highest BCUT2D eigenvalue weighted by Crippen LogP contribution is 2.55. The van der Waals surface area contributed by atoms with E-state index in [-0.39, 0.29) is 35.7 Å². The Kier molecular flexibility index (Phi) is 12.3. The van der Waals surface area contributed by atoms with Crippen LogP contribution in [-0.4, -0.2) is 83.5 Å². The minimum absolute atomic E-state index is 0.00436. The molecule has 1 amide bonds. The quantitative estimate of drug-likeness (QED) is 0.0876. The van der Waals surface area contributed by atoms with Crippen molar-refractivity contribution in [3.63, 3.8) is 0 Å². The van der Waals surface area contributed by atoms with Gasteiger partial charge in [-0.25, -0.2) is 9.59 Å². The molecule has 0 N–H and O–H groups in total. The molecule has 0 radical (unpaired) electrons. The van der Waals surface area contributed by atoms with Crippen LogP contribution in [0.25, 0.3) is 0 Å². The molecule has 10 heteroatoms. The molecule has 0 aromatic heterocycles. The van der Waals surface area contributed by atoms with E-state index in [1.165, 1.54) is 14.2 Å². The number of unbranched alkanes of at least 4 members (excludes halogenated alkanes) is 5. The van der Waals surface area contributed by atoms with Crippen molar-refractivity contribution in [3.8, 4) is 11.5 Å². The highest BCUT2D eigenvalue weighted by atomic mass is 16.5. The Morgan fingerprint density at radius 2 is 1.67 bits per heavy atom. The average Bonchev–Trinajstić information content (AvgIpc) is 3.62. The number of para-hydroxylation sites is 1. The number of amides is 1. The number of carbonyl (C=O) groups excluding carboxylic acids is 3. The molecule has 0 unspecified atom stereocenters. The number of ether oxygens (including phenoxy) is 5. The molecular formula is C39H52N2O8. The highest BCUT2D eigenvalue weighted by Gasteiger charge is 2.62. The molecular weight excluding hydrogens is 624 g/mol. The molecule has 4 atom stereocenters. The number of anilines is 1. The fourth-order valence-electron chi connectivity index (χ4n) is 8.34. The Bertz CT molecular complexity index is 1510. The average molecular weight is 677 g/mol. The monoisotopic (exact) mass is 676 g/mol. The van der Waals surface area contributed by atoms with Gasteiger partial charge in [0.2, 0.25) is 5.91 Å². The second-order valence-electron chi connectivity index (χ2n) is 13.3. The van der Waals surface area contributed by atoms with Crippen molar-refractivity contribution in [2.45, 2.75) is 76.2 Å². The van der Waals surface area contributed by atoms with Crippen molar-refractivity contribution in [2.24, 2.45) is 11.8 Å². The van der Waals surface area contributed by atoms with Crippen LogP contribution in [0.15, 0.2) is 54.3 Å². The zero-order valence-electron chi connectivity index (χ0n) is 29.7. The fourth-order valence-corrected chi connectivity index (χ4v) is 8.34. The number of esters is 2. The van der Waals surface area contributed by atoms with E-state index in [4.69, 9.17) is 23.7 Å². The maximum atomic E-state index is 14.6. The number of fused-ring (bicyclic) bond motifs is 4. The first-order chi connectivity index (χ1) is 23.8.